The van der Waals surface area contributed by atoms with Crippen LogP contribution in [0, 0.1) is 6.92 Å². The molecule has 1 fully saturated rings. The number of hydrogen-bond donors (Lipinski definition) is 2. The van der Waals surface area contributed by atoms with Crippen LogP contribution >= 0.6 is 0 Å². The van der Waals surface area contributed by atoms with Crippen LogP contribution in [-0.4, -0.2) is 30.1 Å². The van der Waals surface area contributed by atoms with Gasteiger partial charge < -0.3 is 14.7 Å². The highest BCUT2D eigenvalue weighted by molar-refractivity contribution is 6.43. The van der Waals surface area contributed by atoms with Crippen molar-refractivity contribution < 1.29 is 14.1 Å². The number of carbonyl (C=O) groups excluding carboxylic acids is 2. The Hall–Kier alpha value is -2.83. The van der Waals surface area contributed by atoms with Gasteiger partial charge in [-0.1, -0.05) is 17.3 Å². The largest absolute Gasteiger partial charge is 0.370 e. The molecule has 7 heteroatoms. The van der Waals surface area contributed by atoms with E-state index in [0.29, 0.717) is 11.4 Å². The average molecular weight is 328 g/mol. The van der Waals surface area contributed by atoms with E-state index in [0.717, 1.165) is 31.6 Å². The van der Waals surface area contributed by atoms with Gasteiger partial charge in [0.1, 0.15) is 5.76 Å². The molecule has 1 aromatic carbocycles. The number of amides is 2. The van der Waals surface area contributed by atoms with Crippen molar-refractivity contribution in [1.29, 1.82) is 0 Å². The Kier molecular flexibility index (Phi) is 4.79. The van der Waals surface area contributed by atoms with Crippen molar-refractivity contribution in [3.8, 4) is 0 Å². The summed E-state index contributed by atoms with van der Waals surface area (Å²) in [5, 5.41) is 8.74. The summed E-state index contributed by atoms with van der Waals surface area (Å²) < 4.78 is 4.86. The van der Waals surface area contributed by atoms with E-state index in [-0.39, 0.29) is 5.82 Å². The van der Waals surface area contributed by atoms with Gasteiger partial charge in [-0.15, -0.1) is 0 Å². The molecular formula is C17H20N4O3. The molecular weight excluding hydrogens is 308 g/mol. The van der Waals surface area contributed by atoms with Crippen LogP contribution in [-0.2, 0) is 9.59 Å². The highest BCUT2D eigenvalue weighted by Crippen LogP contribution is 2.28. The monoisotopic (exact) mass is 328 g/mol. The van der Waals surface area contributed by atoms with E-state index in [9.17, 15) is 9.59 Å². The van der Waals surface area contributed by atoms with Gasteiger partial charge in [0.25, 0.3) is 0 Å². The van der Waals surface area contributed by atoms with Crippen LogP contribution in [0.3, 0.4) is 0 Å². The van der Waals surface area contributed by atoms with Gasteiger partial charge in [0.15, 0.2) is 5.82 Å². The van der Waals surface area contributed by atoms with E-state index in [1.165, 1.54) is 6.42 Å². The number of hydrogen-bond acceptors (Lipinski definition) is 5. The molecule has 0 saturated carbocycles. The Balaban J connectivity index is 1.68. The summed E-state index contributed by atoms with van der Waals surface area (Å²) in [5.41, 5.74) is 1.58. The van der Waals surface area contributed by atoms with Gasteiger partial charge in [-0.05, 0) is 38.3 Å². The van der Waals surface area contributed by atoms with Crippen molar-refractivity contribution in [2.45, 2.75) is 26.2 Å². The second kappa shape index (κ2) is 7.16. The number of anilines is 3. The highest BCUT2D eigenvalue weighted by atomic mass is 16.5. The van der Waals surface area contributed by atoms with Crippen LogP contribution in [0.2, 0.25) is 0 Å². The van der Waals surface area contributed by atoms with Gasteiger partial charge in [0.2, 0.25) is 0 Å². The zero-order valence-electron chi connectivity index (χ0n) is 13.5. The number of aromatic nitrogens is 1. The van der Waals surface area contributed by atoms with Crippen molar-refractivity contribution in [3.63, 3.8) is 0 Å². The van der Waals surface area contributed by atoms with E-state index in [1.807, 2.05) is 18.2 Å². The van der Waals surface area contributed by atoms with Crippen LogP contribution in [0.15, 0.2) is 34.9 Å². The van der Waals surface area contributed by atoms with Crippen LogP contribution in [0.4, 0.5) is 17.2 Å². The Morgan fingerprint density at radius 3 is 2.50 bits per heavy atom. The fourth-order valence-corrected chi connectivity index (χ4v) is 2.77. The Morgan fingerprint density at radius 1 is 1.08 bits per heavy atom. The fraction of sp³-hybridized carbons (Fsp3) is 0.353. The van der Waals surface area contributed by atoms with Crippen molar-refractivity contribution in [2.75, 3.05) is 28.6 Å². The number of rotatable bonds is 3. The Morgan fingerprint density at radius 2 is 1.79 bits per heavy atom. The second-order valence-corrected chi connectivity index (χ2v) is 5.80. The molecule has 1 aliphatic heterocycles. The maximum absolute atomic E-state index is 12.2. The molecule has 3 rings (SSSR count). The zero-order chi connectivity index (χ0) is 16.9. The second-order valence-electron chi connectivity index (χ2n) is 5.80. The van der Waals surface area contributed by atoms with Crippen molar-refractivity contribution in [3.05, 3.63) is 36.1 Å². The summed E-state index contributed by atoms with van der Waals surface area (Å²) in [5.74, 6) is -0.741. The summed E-state index contributed by atoms with van der Waals surface area (Å²) in [6.07, 6.45) is 3.49. The maximum atomic E-state index is 12.2. The summed E-state index contributed by atoms with van der Waals surface area (Å²) >= 11 is 0. The summed E-state index contributed by atoms with van der Waals surface area (Å²) in [6.45, 7) is 3.62. The lowest BCUT2D eigenvalue weighted by Crippen LogP contribution is -2.32. The number of benzene rings is 1. The Labute approximate surface area is 140 Å². The lowest BCUT2D eigenvalue weighted by atomic mass is 10.1. The third-order valence-corrected chi connectivity index (χ3v) is 3.92. The molecule has 2 heterocycles. The van der Waals surface area contributed by atoms with Gasteiger partial charge in [0, 0.05) is 19.2 Å². The number of nitrogens with one attached hydrogen (secondary N) is 2. The molecule has 1 aromatic heterocycles. The molecule has 2 N–H and O–H groups in total. The first-order valence-electron chi connectivity index (χ1n) is 8.03. The first-order valence-corrected chi connectivity index (χ1v) is 8.03. The molecule has 0 radical (unpaired) electrons. The molecule has 126 valence electrons. The maximum Gasteiger partial charge on any atom is 0.315 e. The number of nitrogens with zero attached hydrogens (tertiary/aromatic N) is 2. The molecule has 0 spiro atoms. The van der Waals surface area contributed by atoms with Crippen molar-refractivity contribution in [1.82, 2.24) is 5.16 Å². The van der Waals surface area contributed by atoms with Gasteiger partial charge in [-0.3, -0.25) is 14.9 Å². The third kappa shape index (κ3) is 3.73. The smallest absolute Gasteiger partial charge is 0.315 e. The van der Waals surface area contributed by atoms with Gasteiger partial charge in [0.05, 0.1) is 11.4 Å². The van der Waals surface area contributed by atoms with Crippen LogP contribution in [0.5, 0.6) is 0 Å². The number of carbonyl (C=O) groups is 2. The topological polar surface area (TPSA) is 87.5 Å². The van der Waals surface area contributed by atoms with E-state index in [1.54, 1.807) is 19.1 Å². The molecule has 0 atom stereocenters. The predicted molar refractivity (Wildman–Crippen MR) is 91.0 cm³/mol. The normalized spacial score (nSPS) is 14.3. The molecule has 24 heavy (non-hydrogen) atoms. The van der Waals surface area contributed by atoms with Gasteiger partial charge in [-0.25, -0.2) is 0 Å². The molecule has 0 aliphatic carbocycles. The summed E-state index contributed by atoms with van der Waals surface area (Å²) in [7, 11) is 0. The van der Waals surface area contributed by atoms with Crippen molar-refractivity contribution >= 4 is 29.0 Å². The summed E-state index contributed by atoms with van der Waals surface area (Å²) in [6, 6.07) is 9.07. The Bertz CT molecular complexity index is 735. The number of aryl methyl sites for hydroxylation is 1. The van der Waals surface area contributed by atoms with Gasteiger partial charge >= 0.3 is 11.8 Å². The van der Waals surface area contributed by atoms with E-state index in [2.05, 4.69) is 20.7 Å². The van der Waals surface area contributed by atoms with Crippen LogP contribution < -0.4 is 15.5 Å². The quantitative estimate of drug-likeness (QED) is 0.846. The average Bonchev–Trinajstić information content (AvgIpc) is 3.01. The predicted octanol–water partition coefficient (Wildman–Crippen LogP) is 2.55. The van der Waals surface area contributed by atoms with Crippen molar-refractivity contribution in [2.24, 2.45) is 0 Å². The minimum atomic E-state index is -0.781. The first kappa shape index (κ1) is 16.0. The van der Waals surface area contributed by atoms with E-state index >= 15 is 0 Å². The zero-order valence-corrected chi connectivity index (χ0v) is 13.5. The lowest BCUT2D eigenvalue weighted by molar-refractivity contribution is -0.133. The minimum Gasteiger partial charge on any atom is -0.370 e. The molecule has 7 nitrogen and oxygen atoms in total. The van der Waals surface area contributed by atoms with Crippen LogP contribution in [0.25, 0.3) is 0 Å². The number of piperidine rings is 1. The van der Waals surface area contributed by atoms with E-state index in [4.69, 9.17) is 4.52 Å². The van der Waals surface area contributed by atoms with Crippen LogP contribution in [0.1, 0.15) is 25.0 Å². The highest BCUT2D eigenvalue weighted by Gasteiger charge is 2.19. The molecule has 0 unspecified atom stereocenters. The molecule has 2 amide bonds. The third-order valence-electron chi connectivity index (χ3n) is 3.92. The molecule has 2 aromatic rings. The SMILES string of the molecule is Cc1cc(NC(=O)C(=O)Nc2ccccc2N2CCCCC2)no1. The minimum absolute atomic E-state index is 0.219. The molecule has 1 aliphatic rings. The lowest BCUT2D eigenvalue weighted by Gasteiger charge is -2.30. The fourth-order valence-electron chi connectivity index (χ4n) is 2.77. The molecule has 0 bridgehead atoms. The van der Waals surface area contributed by atoms with Gasteiger partial charge in [-0.2, -0.15) is 0 Å². The standard InChI is InChI=1S/C17H20N4O3/c1-12-11-15(20-24-12)19-17(23)16(22)18-13-7-3-4-8-14(13)21-9-5-2-6-10-21/h3-4,7-8,11H,2,5-6,9-10H2,1H3,(H,18,22)(H,19,20,23). The first-order chi connectivity index (χ1) is 11.6. The van der Waals surface area contributed by atoms with E-state index < -0.39 is 11.8 Å². The summed E-state index contributed by atoms with van der Waals surface area (Å²) in [4.78, 5) is 26.4. The number of para-hydroxylation sites is 2. The molecule has 1 saturated heterocycles.